The van der Waals surface area contributed by atoms with Gasteiger partial charge in [0.2, 0.25) is 0 Å². The van der Waals surface area contributed by atoms with Crippen LogP contribution in [0.15, 0.2) is 12.3 Å². The molecule has 1 heterocycles. The van der Waals surface area contributed by atoms with Crippen molar-refractivity contribution in [1.29, 1.82) is 0 Å². The SMILES string of the molecule is O=C(NCC1(O)CCC1)c1cc(Cl)c[nH]1. The predicted molar refractivity (Wildman–Crippen MR) is 56.9 cm³/mol. The molecule has 82 valence electrons. The van der Waals surface area contributed by atoms with E-state index in [0.717, 1.165) is 19.3 Å². The summed E-state index contributed by atoms with van der Waals surface area (Å²) >= 11 is 5.67. The first-order valence-corrected chi connectivity index (χ1v) is 5.31. The molecule has 4 nitrogen and oxygen atoms in total. The lowest BCUT2D eigenvalue weighted by molar-refractivity contribution is -0.0300. The summed E-state index contributed by atoms with van der Waals surface area (Å²) in [5, 5.41) is 12.9. The molecule has 3 N–H and O–H groups in total. The number of aromatic nitrogens is 1. The van der Waals surface area contributed by atoms with Crippen LogP contribution in [-0.4, -0.2) is 28.1 Å². The maximum atomic E-state index is 11.5. The van der Waals surface area contributed by atoms with Gasteiger partial charge in [-0.05, 0) is 25.3 Å². The van der Waals surface area contributed by atoms with Crippen LogP contribution in [-0.2, 0) is 0 Å². The number of rotatable bonds is 3. The van der Waals surface area contributed by atoms with Gasteiger partial charge in [-0.25, -0.2) is 0 Å². The van der Waals surface area contributed by atoms with Gasteiger partial charge in [0.1, 0.15) is 5.69 Å². The third-order valence-electron chi connectivity index (χ3n) is 2.75. The number of H-pyrrole nitrogens is 1. The van der Waals surface area contributed by atoms with Gasteiger partial charge in [0.25, 0.3) is 5.91 Å². The highest BCUT2D eigenvalue weighted by Gasteiger charge is 2.34. The Kier molecular flexibility index (Phi) is 2.71. The lowest BCUT2D eigenvalue weighted by Crippen LogP contribution is -2.47. The molecule has 1 aromatic rings. The Hall–Kier alpha value is -1.00. The number of aromatic amines is 1. The number of aliphatic hydroxyl groups is 1. The summed E-state index contributed by atoms with van der Waals surface area (Å²) in [5.41, 5.74) is -0.269. The monoisotopic (exact) mass is 228 g/mol. The topological polar surface area (TPSA) is 65.1 Å². The summed E-state index contributed by atoms with van der Waals surface area (Å²) < 4.78 is 0. The highest BCUT2D eigenvalue weighted by atomic mass is 35.5. The number of hydrogen-bond donors (Lipinski definition) is 3. The van der Waals surface area contributed by atoms with Crippen molar-refractivity contribution < 1.29 is 9.90 Å². The maximum absolute atomic E-state index is 11.5. The first-order chi connectivity index (χ1) is 7.09. The molecular formula is C10H13ClN2O2. The van der Waals surface area contributed by atoms with Crippen LogP contribution in [0.1, 0.15) is 29.8 Å². The number of carbonyl (C=O) groups is 1. The zero-order valence-corrected chi connectivity index (χ0v) is 8.97. The quantitative estimate of drug-likeness (QED) is 0.731. The van der Waals surface area contributed by atoms with Crippen LogP contribution >= 0.6 is 11.6 Å². The minimum absolute atomic E-state index is 0.234. The van der Waals surface area contributed by atoms with Crippen molar-refractivity contribution in [1.82, 2.24) is 10.3 Å². The van der Waals surface area contributed by atoms with Gasteiger partial charge < -0.3 is 15.4 Å². The van der Waals surface area contributed by atoms with Crippen LogP contribution in [0, 0.1) is 0 Å². The molecule has 0 unspecified atom stereocenters. The van der Waals surface area contributed by atoms with E-state index in [1.165, 1.54) is 0 Å². The number of carbonyl (C=O) groups excluding carboxylic acids is 1. The molecule has 1 saturated carbocycles. The van der Waals surface area contributed by atoms with Crippen molar-refractivity contribution in [3.05, 3.63) is 23.0 Å². The number of halogens is 1. The first-order valence-electron chi connectivity index (χ1n) is 4.94. The van der Waals surface area contributed by atoms with E-state index in [-0.39, 0.29) is 5.91 Å². The third kappa shape index (κ3) is 2.33. The largest absolute Gasteiger partial charge is 0.388 e. The number of hydrogen-bond acceptors (Lipinski definition) is 2. The normalized spacial score (nSPS) is 18.3. The van der Waals surface area contributed by atoms with Crippen molar-refractivity contribution >= 4 is 17.5 Å². The Balaban J connectivity index is 1.87. The van der Waals surface area contributed by atoms with E-state index in [2.05, 4.69) is 10.3 Å². The molecule has 0 saturated heterocycles. The minimum Gasteiger partial charge on any atom is -0.388 e. The van der Waals surface area contributed by atoms with Crippen molar-refractivity contribution in [3.63, 3.8) is 0 Å². The summed E-state index contributed by atoms with van der Waals surface area (Å²) in [5.74, 6) is -0.234. The van der Waals surface area contributed by atoms with Crippen LogP contribution < -0.4 is 5.32 Å². The average molecular weight is 229 g/mol. The van der Waals surface area contributed by atoms with Crippen LogP contribution in [0.25, 0.3) is 0 Å². The fourth-order valence-corrected chi connectivity index (χ4v) is 1.76. The fourth-order valence-electron chi connectivity index (χ4n) is 1.60. The Bertz CT molecular complexity index is 371. The Labute approximate surface area is 92.6 Å². The lowest BCUT2D eigenvalue weighted by atomic mass is 9.80. The second kappa shape index (κ2) is 3.87. The van der Waals surface area contributed by atoms with E-state index < -0.39 is 5.60 Å². The Morgan fingerprint density at radius 2 is 2.40 bits per heavy atom. The second-order valence-corrected chi connectivity index (χ2v) is 4.43. The van der Waals surface area contributed by atoms with Crippen LogP contribution in [0.2, 0.25) is 5.02 Å². The molecule has 0 bridgehead atoms. The maximum Gasteiger partial charge on any atom is 0.267 e. The number of nitrogens with one attached hydrogen (secondary N) is 2. The molecule has 0 radical (unpaired) electrons. The van der Waals surface area contributed by atoms with Crippen molar-refractivity contribution in [2.75, 3.05) is 6.54 Å². The molecular weight excluding hydrogens is 216 g/mol. The molecule has 1 fully saturated rings. The van der Waals surface area contributed by atoms with E-state index in [4.69, 9.17) is 11.6 Å². The van der Waals surface area contributed by atoms with Crippen molar-refractivity contribution in [2.45, 2.75) is 24.9 Å². The summed E-state index contributed by atoms with van der Waals surface area (Å²) in [6, 6.07) is 1.56. The average Bonchev–Trinajstić information content (AvgIpc) is 2.58. The zero-order valence-electron chi connectivity index (χ0n) is 8.22. The van der Waals surface area contributed by atoms with E-state index in [9.17, 15) is 9.90 Å². The standard InChI is InChI=1S/C10H13ClN2O2/c11-7-4-8(12-5-7)9(14)13-6-10(15)2-1-3-10/h4-5,12,15H,1-3,6H2,(H,13,14). The Morgan fingerprint density at radius 3 is 2.87 bits per heavy atom. The van der Waals surface area contributed by atoms with Crippen molar-refractivity contribution in [2.24, 2.45) is 0 Å². The summed E-state index contributed by atoms with van der Waals surface area (Å²) in [4.78, 5) is 14.3. The molecule has 1 aliphatic rings. The number of amides is 1. The second-order valence-electron chi connectivity index (χ2n) is 3.99. The van der Waals surface area contributed by atoms with Gasteiger partial charge in [0.05, 0.1) is 10.6 Å². The van der Waals surface area contributed by atoms with E-state index in [0.29, 0.717) is 17.3 Å². The fraction of sp³-hybridized carbons (Fsp3) is 0.500. The summed E-state index contributed by atoms with van der Waals surface area (Å²) in [6.07, 6.45) is 4.10. The van der Waals surface area contributed by atoms with Gasteiger partial charge in [-0.3, -0.25) is 4.79 Å². The molecule has 1 aliphatic carbocycles. The predicted octanol–water partition coefficient (Wildman–Crippen LogP) is 1.31. The van der Waals surface area contributed by atoms with Crippen LogP contribution in [0.5, 0.6) is 0 Å². The van der Waals surface area contributed by atoms with Gasteiger partial charge in [0.15, 0.2) is 0 Å². The molecule has 0 aromatic carbocycles. The van der Waals surface area contributed by atoms with E-state index >= 15 is 0 Å². The Morgan fingerprint density at radius 1 is 1.67 bits per heavy atom. The molecule has 15 heavy (non-hydrogen) atoms. The van der Waals surface area contributed by atoms with Gasteiger partial charge in [0, 0.05) is 12.7 Å². The summed E-state index contributed by atoms with van der Waals surface area (Å²) in [6.45, 7) is 0.308. The first kappa shape index (κ1) is 10.5. The van der Waals surface area contributed by atoms with Gasteiger partial charge in [-0.15, -0.1) is 0 Å². The molecule has 1 amide bonds. The molecule has 1 aromatic heterocycles. The third-order valence-corrected chi connectivity index (χ3v) is 2.97. The minimum atomic E-state index is -0.688. The smallest absolute Gasteiger partial charge is 0.267 e. The van der Waals surface area contributed by atoms with Crippen LogP contribution in [0.3, 0.4) is 0 Å². The highest BCUT2D eigenvalue weighted by Crippen LogP contribution is 2.30. The zero-order chi connectivity index (χ0) is 10.9. The lowest BCUT2D eigenvalue weighted by Gasteiger charge is -2.36. The van der Waals surface area contributed by atoms with Gasteiger partial charge in [-0.1, -0.05) is 11.6 Å². The molecule has 0 atom stereocenters. The van der Waals surface area contributed by atoms with Crippen molar-refractivity contribution in [3.8, 4) is 0 Å². The molecule has 5 heteroatoms. The van der Waals surface area contributed by atoms with Gasteiger partial charge in [-0.2, -0.15) is 0 Å². The van der Waals surface area contributed by atoms with Crippen LogP contribution in [0.4, 0.5) is 0 Å². The highest BCUT2D eigenvalue weighted by molar-refractivity contribution is 6.30. The van der Waals surface area contributed by atoms with E-state index in [1.807, 2.05) is 0 Å². The molecule has 2 rings (SSSR count). The summed E-state index contributed by atoms with van der Waals surface area (Å²) in [7, 11) is 0. The molecule has 0 spiro atoms. The van der Waals surface area contributed by atoms with E-state index in [1.54, 1.807) is 12.3 Å². The van der Waals surface area contributed by atoms with Gasteiger partial charge >= 0.3 is 0 Å². The molecule has 0 aliphatic heterocycles.